The fraction of sp³-hybridized carbons (Fsp3) is 0.286. The van der Waals surface area contributed by atoms with Gasteiger partial charge in [-0.15, -0.1) is 0 Å². The highest BCUT2D eigenvalue weighted by molar-refractivity contribution is 6.35. The van der Waals surface area contributed by atoms with E-state index in [9.17, 15) is 23.5 Å². The molecule has 1 aromatic carbocycles. The average molecular weight is 329 g/mol. The summed E-state index contributed by atoms with van der Waals surface area (Å²) in [6, 6.07) is -0.210. The van der Waals surface area contributed by atoms with Crippen molar-refractivity contribution in [3.63, 3.8) is 0 Å². The summed E-state index contributed by atoms with van der Waals surface area (Å²) in [4.78, 5) is 23.9. The predicted molar refractivity (Wildman–Crippen MR) is 77.5 cm³/mol. The van der Waals surface area contributed by atoms with Crippen molar-refractivity contribution in [3.8, 4) is 0 Å². The van der Waals surface area contributed by atoms with Gasteiger partial charge in [0, 0.05) is 11.7 Å². The van der Waals surface area contributed by atoms with E-state index in [1.807, 2.05) is 0 Å². The van der Waals surface area contributed by atoms with Crippen LogP contribution in [0.3, 0.4) is 0 Å². The van der Waals surface area contributed by atoms with Crippen LogP contribution in [-0.2, 0) is 6.42 Å². The minimum absolute atomic E-state index is 0.0481. The van der Waals surface area contributed by atoms with Crippen molar-refractivity contribution in [2.24, 2.45) is 0 Å². The molecule has 0 radical (unpaired) electrons. The fourth-order valence-electron chi connectivity index (χ4n) is 3.06. The number of hydrogen-bond acceptors (Lipinski definition) is 3. The molecule has 0 fully saturated rings. The number of carboxylic acids is 1. The lowest BCUT2D eigenvalue weighted by atomic mass is 10.0. The first-order chi connectivity index (χ1) is 10.3. The standard InChI is InChI=1S/C14H11ClF2N2O3/c1-4-2-3-5-6(14(21)22)13(20)7-11(18)10(17)9(16)8(15)12(7)19(4)5/h4H,2-3,18H2,1H3,(H,21,22)/t4-/m1/s1. The van der Waals surface area contributed by atoms with Crippen molar-refractivity contribution >= 4 is 34.2 Å². The summed E-state index contributed by atoms with van der Waals surface area (Å²) >= 11 is 5.88. The minimum Gasteiger partial charge on any atom is -0.477 e. The maximum Gasteiger partial charge on any atom is 0.341 e. The van der Waals surface area contributed by atoms with Crippen LogP contribution in [-0.4, -0.2) is 15.6 Å². The number of aromatic carboxylic acids is 1. The number of pyridine rings is 1. The van der Waals surface area contributed by atoms with Gasteiger partial charge in [0.2, 0.25) is 5.43 Å². The monoisotopic (exact) mass is 328 g/mol. The quantitative estimate of drug-likeness (QED) is 0.622. The van der Waals surface area contributed by atoms with Crippen molar-refractivity contribution in [1.82, 2.24) is 4.57 Å². The molecule has 1 atom stereocenters. The second-order valence-corrected chi connectivity index (χ2v) is 5.67. The lowest BCUT2D eigenvalue weighted by molar-refractivity contribution is 0.0694. The number of rotatable bonds is 1. The Hall–Kier alpha value is -2.15. The van der Waals surface area contributed by atoms with Gasteiger partial charge in [-0.25, -0.2) is 13.6 Å². The Morgan fingerprint density at radius 3 is 2.64 bits per heavy atom. The molecule has 1 aliphatic heterocycles. The van der Waals surface area contributed by atoms with Gasteiger partial charge in [0.05, 0.1) is 16.6 Å². The Balaban J connectivity index is 2.70. The number of aromatic nitrogens is 1. The van der Waals surface area contributed by atoms with Gasteiger partial charge in [-0.2, -0.15) is 0 Å². The summed E-state index contributed by atoms with van der Waals surface area (Å²) in [7, 11) is 0. The number of carboxylic acid groups (broad SMARTS) is 1. The van der Waals surface area contributed by atoms with Crippen molar-refractivity contribution in [3.05, 3.63) is 38.1 Å². The molecule has 3 rings (SSSR count). The molecule has 0 amide bonds. The Labute approximate surface area is 127 Å². The first-order valence-corrected chi connectivity index (χ1v) is 6.91. The summed E-state index contributed by atoms with van der Waals surface area (Å²) in [6.07, 6.45) is 0.900. The molecule has 5 nitrogen and oxygen atoms in total. The number of fused-ring (bicyclic) bond motifs is 3. The Bertz CT molecular complexity index is 908. The number of benzene rings is 1. The smallest absolute Gasteiger partial charge is 0.341 e. The van der Waals surface area contributed by atoms with Crippen LogP contribution in [0, 0.1) is 11.6 Å². The van der Waals surface area contributed by atoms with Gasteiger partial charge in [0.25, 0.3) is 0 Å². The van der Waals surface area contributed by atoms with Gasteiger partial charge in [-0.1, -0.05) is 11.6 Å². The van der Waals surface area contributed by atoms with E-state index in [1.54, 1.807) is 6.92 Å². The molecule has 0 aliphatic carbocycles. The SMILES string of the molecule is C[C@@H]1CCc2c(C(=O)O)c(=O)c3c(N)c(F)c(F)c(Cl)c3n21. The number of halogens is 3. The second-order valence-electron chi connectivity index (χ2n) is 5.29. The van der Waals surface area contributed by atoms with E-state index >= 15 is 0 Å². The normalized spacial score (nSPS) is 17.0. The third-order valence-corrected chi connectivity index (χ3v) is 4.41. The minimum atomic E-state index is -1.45. The Morgan fingerprint density at radius 2 is 2.05 bits per heavy atom. The van der Waals surface area contributed by atoms with Gasteiger partial charge in [-0.3, -0.25) is 4.79 Å². The zero-order valence-electron chi connectivity index (χ0n) is 11.4. The molecule has 1 aliphatic rings. The second kappa shape index (κ2) is 4.67. The summed E-state index contributed by atoms with van der Waals surface area (Å²) < 4.78 is 29.2. The predicted octanol–water partition coefficient (Wildman–Crippen LogP) is 2.72. The zero-order chi connectivity index (χ0) is 16.3. The molecule has 8 heteroatoms. The summed E-state index contributed by atoms with van der Waals surface area (Å²) in [6.45, 7) is 1.78. The highest BCUT2D eigenvalue weighted by Gasteiger charge is 2.32. The van der Waals surface area contributed by atoms with Gasteiger partial charge in [0.1, 0.15) is 10.6 Å². The first-order valence-electron chi connectivity index (χ1n) is 6.53. The van der Waals surface area contributed by atoms with E-state index in [0.717, 1.165) is 0 Å². The largest absolute Gasteiger partial charge is 0.477 e. The number of carbonyl (C=O) groups is 1. The van der Waals surface area contributed by atoms with Crippen LogP contribution in [0.5, 0.6) is 0 Å². The molecule has 0 unspecified atom stereocenters. The van der Waals surface area contributed by atoms with Crippen molar-refractivity contribution < 1.29 is 18.7 Å². The topological polar surface area (TPSA) is 85.3 Å². The zero-order valence-corrected chi connectivity index (χ0v) is 12.2. The summed E-state index contributed by atoms with van der Waals surface area (Å²) in [5, 5.41) is 8.35. The van der Waals surface area contributed by atoms with E-state index < -0.39 is 39.3 Å². The van der Waals surface area contributed by atoms with Gasteiger partial charge in [0.15, 0.2) is 11.6 Å². The van der Waals surface area contributed by atoms with Crippen LogP contribution >= 0.6 is 11.6 Å². The lowest BCUT2D eigenvalue weighted by Gasteiger charge is -2.18. The van der Waals surface area contributed by atoms with Crippen molar-refractivity contribution in [1.29, 1.82) is 0 Å². The van der Waals surface area contributed by atoms with Crippen LogP contribution in [0.4, 0.5) is 14.5 Å². The number of nitrogens with zero attached hydrogens (tertiary/aromatic N) is 1. The maximum absolute atomic E-state index is 13.9. The number of nitrogens with two attached hydrogens (primary N) is 1. The van der Waals surface area contributed by atoms with Gasteiger partial charge in [-0.05, 0) is 19.8 Å². The molecule has 1 aromatic heterocycles. The highest BCUT2D eigenvalue weighted by atomic mass is 35.5. The lowest BCUT2D eigenvalue weighted by Crippen LogP contribution is -2.24. The summed E-state index contributed by atoms with van der Waals surface area (Å²) in [5.41, 5.74) is 3.59. The molecule has 0 bridgehead atoms. The van der Waals surface area contributed by atoms with Crippen LogP contribution < -0.4 is 11.2 Å². The van der Waals surface area contributed by atoms with E-state index in [4.69, 9.17) is 17.3 Å². The molecule has 2 heterocycles. The number of nitrogen functional groups attached to an aromatic ring is 1. The van der Waals surface area contributed by atoms with Crippen molar-refractivity contribution in [2.45, 2.75) is 25.8 Å². The molecule has 116 valence electrons. The molecular weight excluding hydrogens is 318 g/mol. The van der Waals surface area contributed by atoms with Gasteiger partial charge >= 0.3 is 5.97 Å². The van der Waals surface area contributed by atoms with E-state index in [-0.39, 0.29) is 22.6 Å². The average Bonchev–Trinajstić information content (AvgIpc) is 2.82. The van der Waals surface area contributed by atoms with Crippen molar-refractivity contribution in [2.75, 3.05) is 5.73 Å². The van der Waals surface area contributed by atoms with Crippen LogP contribution in [0.2, 0.25) is 5.02 Å². The molecule has 2 aromatic rings. The third kappa shape index (κ3) is 1.68. The molecule has 3 N–H and O–H groups in total. The molecule has 0 saturated heterocycles. The number of hydrogen-bond donors (Lipinski definition) is 2. The third-order valence-electron chi connectivity index (χ3n) is 4.06. The van der Waals surface area contributed by atoms with Gasteiger partial charge < -0.3 is 15.4 Å². The highest BCUT2D eigenvalue weighted by Crippen LogP contribution is 2.38. The van der Waals surface area contributed by atoms with E-state index in [0.29, 0.717) is 12.8 Å². The fourth-order valence-corrected chi connectivity index (χ4v) is 3.33. The summed E-state index contributed by atoms with van der Waals surface area (Å²) in [5.74, 6) is -4.22. The molecule has 22 heavy (non-hydrogen) atoms. The van der Waals surface area contributed by atoms with E-state index in [2.05, 4.69) is 0 Å². The Kier molecular flexibility index (Phi) is 3.14. The Morgan fingerprint density at radius 1 is 1.41 bits per heavy atom. The number of anilines is 1. The molecule has 0 saturated carbocycles. The van der Waals surface area contributed by atoms with Crippen LogP contribution in [0.1, 0.15) is 35.4 Å². The first kappa shape index (κ1) is 14.8. The molecule has 0 spiro atoms. The maximum atomic E-state index is 13.9. The van der Waals surface area contributed by atoms with Crippen LogP contribution in [0.25, 0.3) is 10.9 Å². The van der Waals surface area contributed by atoms with E-state index in [1.165, 1.54) is 4.57 Å². The molecular formula is C14H11ClF2N2O3. The van der Waals surface area contributed by atoms with Crippen LogP contribution in [0.15, 0.2) is 4.79 Å².